The lowest BCUT2D eigenvalue weighted by molar-refractivity contribution is 0.100. The predicted octanol–water partition coefficient (Wildman–Crippen LogP) is -0.0982. The van der Waals surface area contributed by atoms with E-state index in [9.17, 15) is 9.18 Å². The van der Waals surface area contributed by atoms with Gasteiger partial charge in [0.25, 0.3) is 5.91 Å². The molecule has 0 aromatic carbocycles. The van der Waals surface area contributed by atoms with Crippen molar-refractivity contribution in [2.45, 2.75) is 0 Å². The predicted molar refractivity (Wildman–Crippen MR) is 37.1 cm³/mol. The Morgan fingerprint density at radius 1 is 1.64 bits per heavy atom. The molecule has 0 unspecified atom stereocenters. The highest BCUT2D eigenvalue weighted by molar-refractivity contribution is 5.97. The van der Waals surface area contributed by atoms with Gasteiger partial charge in [0.1, 0.15) is 0 Å². The van der Waals surface area contributed by atoms with Crippen molar-refractivity contribution in [3.63, 3.8) is 0 Å². The van der Waals surface area contributed by atoms with Gasteiger partial charge in [0.15, 0.2) is 0 Å². The van der Waals surface area contributed by atoms with Crippen molar-refractivity contribution in [3.05, 3.63) is 23.8 Å². The quantitative estimate of drug-likeness (QED) is 0.555. The molecule has 0 radical (unpaired) electrons. The summed E-state index contributed by atoms with van der Waals surface area (Å²) in [5, 5.41) is 0. The number of halogens is 1. The van der Waals surface area contributed by atoms with Crippen molar-refractivity contribution >= 4 is 11.6 Å². The number of hydrogen-bond acceptors (Lipinski definition) is 3. The van der Waals surface area contributed by atoms with E-state index in [1.807, 2.05) is 0 Å². The summed E-state index contributed by atoms with van der Waals surface area (Å²) < 4.78 is 12.3. The number of primary amides is 1. The second-order valence-corrected chi connectivity index (χ2v) is 1.96. The van der Waals surface area contributed by atoms with Crippen LogP contribution < -0.4 is 11.5 Å². The second kappa shape index (κ2) is 2.53. The minimum atomic E-state index is -0.770. The minimum Gasteiger partial charge on any atom is -0.397 e. The van der Waals surface area contributed by atoms with Crippen LogP contribution in [0.15, 0.2) is 12.3 Å². The Labute approximate surface area is 62.0 Å². The van der Waals surface area contributed by atoms with Crippen molar-refractivity contribution in [3.8, 4) is 0 Å². The third-order valence-electron chi connectivity index (χ3n) is 1.17. The Morgan fingerprint density at radius 2 is 2.27 bits per heavy atom. The molecule has 1 heterocycles. The van der Waals surface area contributed by atoms with Crippen LogP contribution in [0.2, 0.25) is 0 Å². The van der Waals surface area contributed by atoms with Crippen molar-refractivity contribution in [1.29, 1.82) is 0 Å². The van der Waals surface area contributed by atoms with Crippen LogP contribution in [-0.4, -0.2) is 10.9 Å². The molecule has 0 spiro atoms. The molecule has 1 aromatic rings. The zero-order valence-corrected chi connectivity index (χ0v) is 5.54. The van der Waals surface area contributed by atoms with Crippen LogP contribution in [0.3, 0.4) is 0 Å². The third-order valence-corrected chi connectivity index (χ3v) is 1.17. The Balaban J connectivity index is 3.23. The Bertz CT molecular complexity index is 300. The fraction of sp³-hybridized carbons (Fsp3) is 0. The summed E-state index contributed by atoms with van der Waals surface area (Å²) in [5.41, 5.74) is 10.2. The smallest absolute Gasteiger partial charge is 0.251 e. The molecule has 11 heavy (non-hydrogen) atoms. The SMILES string of the molecule is NC(=O)c1cc(F)ncc1N. The van der Waals surface area contributed by atoms with E-state index in [1.165, 1.54) is 0 Å². The molecule has 0 bridgehead atoms. The molecule has 0 atom stereocenters. The van der Waals surface area contributed by atoms with E-state index in [4.69, 9.17) is 11.5 Å². The molecular weight excluding hydrogens is 149 g/mol. The van der Waals surface area contributed by atoms with Gasteiger partial charge in [0, 0.05) is 6.07 Å². The molecule has 4 N–H and O–H groups in total. The molecular formula is C6H6FN3O. The molecule has 0 saturated carbocycles. The van der Waals surface area contributed by atoms with Gasteiger partial charge in [-0.05, 0) is 0 Å². The Hall–Kier alpha value is -1.65. The maximum Gasteiger partial charge on any atom is 0.251 e. The third kappa shape index (κ3) is 1.43. The lowest BCUT2D eigenvalue weighted by atomic mass is 10.2. The number of nitrogen functional groups attached to an aromatic ring is 1. The molecule has 0 aliphatic rings. The minimum absolute atomic E-state index is 0.0440. The topological polar surface area (TPSA) is 82.0 Å². The fourth-order valence-electron chi connectivity index (χ4n) is 0.654. The van der Waals surface area contributed by atoms with Crippen LogP contribution in [0.5, 0.6) is 0 Å². The number of anilines is 1. The number of hydrogen-bond donors (Lipinski definition) is 2. The molecule has 0 aliphatic heterocycles. The maximum absolute atomic E-state index is 12.3. The molecule has 4 nitrogen and oxygen atoms in total. The average Bonchev–Trinajstić information content (AvgIpc) is 1.94. The van der Waals surface area contributed by atoms with Gasteiger partial charge in [-0.1, -0.05) is 0 Å². The summed E-state index contributed by atoms with van der Waals surface area (Å²) in [6.45, 7) is 0. The van der Waals surface area contributed by atoms with Gasteiger partial charge in [0.05, 0.1) is 17.4 Å². The van der Waals surface area contributed by atoms with Crippen LogP contribution in [-0.2, 0) is 0 Å². The lowest BCUT2D eigenvalue weighted by Crippen LogP contribution is -2.14. The summed E-state index contributed by atoms with van der Waals surface area (Å²) in [7, 11) is 0. The largest absolute Gasteiger partial charge is 0.397 e. The summed E-state index contributed by atoms with van der Waals surface area (Å²) in [6.07, 6.45) is 1.05. The van der Waals surface area contributed by atoms with Crippen molar-refractivity contribution < 1.29 is 9.18 Å². The van der Waals surface area contributed by atoms with Gasteiger partial charge in [-0.2, -0.15) is 4.39 Å². The summed E-state index contributed by atoms with van der Waals surface area (Å²) in [4.78, 5) is 13.7. The molecule has 1 amide bonds. The first kappa shape index (κ1) is 7.46. The molecule has 1 aromatic heterocycles. The van der Waals surface area contributed by atoms with Crippen LogP contribution >= 0.6 is 0 Å². The first-order chi connectivity index (χ1) is 5.11. The summed E-state index contributed by atoms with van der Waals surface area (Å²) in [6, 6.07) is 0.900. The highest BCUT2D eigenvalue weighted by atomic mass is 19.1. The molecule has 5 heteroatoms. The van der Waals surface area contributed by atoms with Gasteiger partial charge < -0.3 is 11.5 Å². The maximum atomic E-state index is 12.3. The van der Waals surface area contributed by atoms with E-state index in [0.717, 1.165) is 12.3 Å². The normalized spacial score (nSPS) is 9.55. The van der Waals surface area contributed by atoms with Crippen LogP contribution in [0.25, 0.3) is 0 Å². The van der Waals surface area contributed by atoms with E-state index in [2.05, 4.69) is 4.98 Å². The average molecular weight is 155 g/mol. The van der Waals surface area contributed by atoms with E-state index < -0.39 is 11.9 Å². The number of amides is 1. The highest BCUT2D eigenvalue weighted by Crippen LogP contribution is 2.08. The van der Waals surface area contributed by atoms with Crippen LogP contribution in [0.4, 0.5) is 10.1 Å². The van der Waals surface area contributed by atoms with Crippen molar-refractivity contribution in [2.75, 3.05) is 5.73 Å². The molecule has 58 valence electrons. The monoisotopic (exact) mass is 155 g/mol. The highest BCUT2D eigenvalue weighted by Gasteiger charge is 2.06. The van der Waals surface area contributed by atoms with Crippen LogP contribution in [0.1, 0.15) is 10.4 Å². The van der Waals surface area contributed by atoms with E-state index in [-0.39, 0.29) is 11.3 Å². The number of carbonyl (C=O) groups is 1. The van der Waals surface area contributed by atoms with Gasteiger partial charge in [-0.3, -0.25) is 4.79 Å². The first-order valence-electron chi connectivity index (χ1n) is 2.82. The van der Waals surface area contributed by atoms with Gasteiger partial charge in [-0.15, -0.1) is 0 Å². The Morgan fingerprint density at radius 3 is 2.73 bits per heavy atom. The van der Waals surface area contributed by atoms with Crippen molar-refractivity contribution in [1.82, 2.24) is 4.98 Å². The van der Waals surface area contributed by atoms with E-state index in [0.29, 0.717) is 0 Å². The number of rotatable bonds is 1. The number of carbonyl (C=O) groups excluding carboxylic acids is 1. The molecule has 1 rings (SSSR count). The lowest BCUT2D eigenvalue weighted by Gasteiger charge is -1.98. The molecule has 0 fully saturated rings. The van der Waals surface area contributed by atoms with E-state index in [1.54, 1.807) is 0 Å². The zero-order chi connectivity index (χ0) is 8.43. The van der Waals surface area contributed by atoms with Crippen molar-refractivity contribution in [2.24, 2.45) is 5.73 Å². The zero-order valence-electron chi connectivity index (χ0n) is 5.54. The number of aromatic nitrogens is 1. The number of nitrogens with zero attached hydrogens (tertiary/aromatic N) is 1. The number of nitrogens with two attached hydrogens (primary N) is 2. The van der Waals surface area contributed by atoms with Gasteiger partial charge >= 0.3 is 0 Å². The summed E-state index contributed by atoms with van der Waals surface area (Å²) in [5.74, 6) is -1.53. The molecule has 0 saturated heterocycles. The summed E-state index contributed by atoms with van der Waals surface area (Å²) >= 11 is 0. The second-order valence-electron chi connectivity index (χ2n) is 1.96. The van der Waals surface area contributed by atoms with E-state index >= 15 is 0 Å². The number of pyridine rings is 1. The standard InChI is InChI=1S/C6H6FN3O/c7-5-1-3(6(9)11)4(8)2-10-5/h1-2H,8H2,(H2,9,11). The first-order valence-corrected chi connectivity index (χ1v) is 2.82. The van der Waals surface area contributed by atoms with Gasteiger partial charge in [0.2, 0.25) is 5.95 Å². The Kier molecular flexibility index (Phi) is 1.72. The fourth-order valence-corrected chi connectivity index (χ4v) is 0.654. The van der Waals surface area contributed by atoms with Gasteiger partial charge in [-0.25, -0.2) is 4.98 Å². The molecule has 0 aliphatic carbocycles. The van der Waals surface area contributed by atoms with Crippen LogP contribution in [0, 0.1) is 5.95 Å².